The van der Waals surface area contributed by atoms with Crippen molar-refractivity contribution in [2.75, 3.05) is 0 Å². The number of aromatic amines is 1. The molecule has 0 fully saturated rings. The Morgan fingerprint density at radius 1 is 1.32 bits per heavy atom. The zero-order valence-corrected chi connectivity index (χ0v) is 12.5. The van der Waals surface area contributed by atoms with E-state index in [1.54, 1.807) is 17.8 Å². The maximum Gasteiger partial charge on any atom is 0.296 e. The van der Waals surface area contributed by atoms with E-state index in [0.717, 1.165) is 15.9 Å². The van der Waals surface area contributed by atoms with Crippen molar-refractivity contribution >= 4 is 18.4 Å². The van der Waals surface area contributed by atoms with Gasteiger partial charge in [-0.15, -0.1) is 0 Å². The molecule has 0 atom stereocenters. The van der Waals surface area contributed by atoms with Gasteiger partial charge in [0.2, 0.25) is 4.77 Å². The first-order valence-corrected chi connectivity index (χ1v) is 6.89. The number of aromatic nitrogens is 5. The zero-order chi connectivity index (χ0) is 15.5. The molecule has 110 valence electrons. The van der Waals surface area contributed by atoms with Gasteiger partial charge in [-0.25, -0.2) is 4.68 Å². The molecule has 1 N–H and O–H groups in total. The Balaban J connectivity index is 1.92. The van der Waals surface area contributed by atoms with Crippen molar-refractivity contribution in [1.82, 2.24) is 24.7 Å². The quantitative estimate of drug-likeness (QED) is 0.589. The van der Waals surface area contributed by atoms with Gasteiger partial charge in [-0.05, 0) is 31.3 Å². The summed E-state index contributed by atoms with van der Waals surface area (Å²) in [4.78, 5) is 11.9. The number of benzene rings is 1. The molecule has 2 heterocycles. The highest BCUT2D eigenvalue weighted by Crippen LogP contribution is 2.06. The summed E-state index contributed by atoms with van der Waals surface area (Å²) in [7, 11) is 0. The molecule has 0 aliphatic heterocycles. The topological polar surface area (TPSA) is 80.9 Å². The summed E-state index contributed by atoms with van der Waals surface area (Å²) in [6.07, 6.45) is 4.99. The standard InChI is InChI=1S/C14H12N6OS/c1-10-13(21)20(14(22)18-17-10)16-8-11-7-15-19(9-11)12-5-3-2-4-6-12/h2-9H,1H3,(H,18,22)/b16-8-. The van der Waals surface area contributed by atoms with Gasteiger partial charge in [0.05, 0.1) is 18.1 Å². The molecule has 0 saturated carbocycles. The molecule has 0 aliphatic carbocycles. The van der Waals surface area contributed by atoms with Crippen molar-refractivity contribution in [3.63, 3.8) is 0 Å². The first-order valence-electron chi connectivity index (χ1n) is 6.48. The normalized spacial score (nSPS) is 11.1. The number of H-pyrrole nitrogens is 1. The lowest BCUT2D eigenvalue weighted by Gasteiger charge is -1.99. The average Bonchev–Trinajstić information content (AvgIpc) is 3.01. The van der Waals surface area contributed by atoms with Crippen LogP contribution in [0.2, 0.25) is 0 Å². The Morgan fingerprint density at radius 3 is 2.86 bits per heavy atom. The van der Waals surface area contributed by atoms with Crippen LogP contribution in [-0.4, -0.2) is 30.9 Å². The highest BCUT2D eigenvalue weighted by atomic mass is 32.1. The van der Waals surface area contributed by atoms with Crippen LogP contribution in [0.15, 0.2) is 52.6 Å². The molecule has 0 aliphatic rings. The smallest absolute Gasteiger partial charge is 0.265 e. The van der Waals surface area contributed by atoms with Crippen LogP contribution < -0.4 is 5.56 Å². The van der Waals surface area contributed by atoms with Crippen LogP contribution in [0.4, 0.5) is 0 Å². The molecule has 0 unspecified atom stereocenters. The van der Waals surface area contributed by atoms with Crippen molar-refractivity contribution in [2.24, 2.45) is 5.10 Å². The van der Waals surface area contributed by atoms with E-state index in [1.807, 2.05) is 36.5 Å². The first kappa shape index (κ1) is 14.1. The van der Waals surface area contributed by atoms with Crippen LogP contribution in [0, 0.1) is 11.7 Å². The largest absolute Gasteiger partial charge is 0.296 e. The number of nitrogens with zero attached hydrogens (tertiary/aromatic N) is 5. The van der Waals surface area contributed by atoms with Crippen LogP contribution in [0.1, 0.15) is 11.3 Å². The first-order chi connectivity index (χ1) is 10.6. The minimum absolute atomic E-state index is 0.141. The Bertz CT molecular complexity index is 938. The van der Waals surface area contributed by atoms with E-state index in [-0.39, 0.29) is 10.3 Å². The van der Waals surface area contributed by atoms with Gasteiger partial charge in [0.1, 0.15) is 5.69 Å². The third-order valence-electron chi connectivity index (χ3n) is 2.96. The monoisotopic (exact) mass is 312 g/mol. The van der Waals surface area contributed by atoms with Gasteiger partial charge < -0.3 is 0 Å². The zero-order valence-electron chi connectivity index (χ0n) is 11.7. The third kappa shape index (κ3) is 2.77. The lowest BCUT2D eigenvalue weighted by atomic mass is 10.3. The summed E-state index contributed by atoms with van der Waals surface area (Å²) >= 11 is 5.01. The van der Waals surface area contributed by atoms with E-state index in [2.05, 4.69) is 20.4 Å². The molecule has 0 amide bonds. The molecule has 7 nitrogen and oxygen atoms in total. The van der Waals surface area contributed by atoms with Gasteiger partial charge in [0.25, 0.3) is 5.56 Å². The molecule has 0 spiro atoms. The van der Waals surface area contributed by atoms with E-state index < -0.39 is 0 Å². The number of hydrogen-bond donors (Lipinski definition) is 1. The molecular weight excluding hydrogens is 300 g/mol. The second kappa shape index (κ2) is 5.86. The van der Waals surface area contributed by atoms with Crippen LogP contribution in [0.5, 0.6) is 0 Å². The van der Waals surface area contributed by atoms with Crippen LogP contribution in [0.3, 0.4) is 0 Å². The van der Waals surface area contributed by atoms with Crippen molar-refractivity contribution in [2.45, 2.75) is 6.92 Å². The molecular formula is C14H12N6OS. The van der Waals surface area contributed by atoms with Crippen LogP contribution in [-0.2, 0) is 0 Å². The summed E-state index contributed by atoms with van der Waals surface area (Å²) in [5, 5.41) is 14.7. The average molecular weight is 312 g/mol. The maximum absolute atomic E-state index is 11.9. The predicted molar refractivity (Wildman–Crippen MR) is 85.0 cm³/mol. The SMILES string of the molecule is Cc1n[nH]c(=S)n(/N=C\c2cnn(-c3ccccc3)c2)c1=O. The Morgan fingerprint density at radius 2 is 2.09 bits per heavy atom. The molecule has 0 saturated heterocycles. The van der Waals surface area contributed by atoms with Gasteiger partial charge in [0, 0.05) is 11.8 Å². The summed E-state index contributed by atoms with van der Waals surface area (Å²) in [5.41, 5.74) is 1.64. The maximum atomic E-state index is 11.9. The third-order valence-corrected chi connectivity index (χ3v) is 3.22. The number of para-hydroxylation sites is 1. The van der Waals surface area contributed by atoms with Crippen molar-refractivity contribution in [1.29, 1.82) is 0 Å². The fraction of sp³-hybridized carbons (Fsp3) is 0.0714. The molecule has 3 rings (SSSR count). The highest BCUT2D eigenvalue weighted by Gasteiger charge is 2.02. The molecule has 0 radical (unpaired) electrons. The van der Waals surface area contributed by atoms with Gasteiger partial charge in [-0.1, -0.05) is 18.2 Å². The van der Waals surface area contributed by atoms with Crippen LogP contribution >= 0.6 is 12.2 Å². The Hall–Kier alpha value is -2.87. The van der Waals surface area contributed by atoms with E-state index in [0.29, 0.717) is 5.69 Å². The Labute approximate surface area is 130 Å². The van der Waals surface area contributed by atoms with Crippen LogP contribution in [0.25, 0.3) is 5.69 Å². The van der Waals surface area contributed by atoms with Crippen molar-refractivity contribution in [3.05, 3.63) is 69.1 Å². The molecule has 22 heavy (non-hydrogen) atoms. The lowest BCUT2D eigenvalue weighted by molar-refractivity contribution is 0.720. The van der Waals surface area contributed by atoms with E-state index in [4.69, 9.17) is 12.2 Å². The fourth-order valence-electron chi connectivity index (χ4n) is 1.83. The number of aryl methyl sites for hydroxylation is 1. The number of rotatable bonds is 3. The summed E-state index contributed by atoms with van der Waals surface area (Å²) < 4.78 is 2.96. The molecule has 2 aromatic heterocycles. The fourth-order valence-corrected chi connectivity index (χ4v) is 2.00. The minimum atomic E-state index is -0.351. The van der Waals surface area contributed by atoms with E-state index in [1.165, 1.54) is 6.21 Å². The van der Waals surface area contributed by atoms with Gasteiger partial charge in [-0.3, -0.25) is 9.89 Å². The minimum Gasteiger partial charge on any atom is -0.265 e. The van der Waals surface area contributed by atoms with Crippen molar-refractivity contribution in [3.8, 4) is 5.69 Å². The predicted octanol–water partition coefficient (Wildman–Crippen LogP) is 1.68. The molecule has 8 heteroatoms. The van der Waals surface area contributed by atoms with Crippen molar-refractivity contribution < 1.29 is 0 Å². The Kier molecular flexibility index (Phi) is 3.75. The molecule has 0 bridgehead atoms. The highest BCUT2D eigenvalue weighted by molar-refractivity contribution is 7.71. The molecule has 1 aromatic carbocycles. The summed E-state index contributed by atoms with van der Waals surface area (Å²) in [6.45, 7) is 1.59. The van der Waals surface area contributed by atoms with E-state index in [9.17, 15) is 4.79 Å². The number of hydrogen-bond acceptors (Lipinski definition) is 5. The summed E-state index contributed by atoms with van der Waals surface area (Å²) in [5.74, 6) is 0. The number of nitrogens with one attached hydrogen (secondary N) is 1. The lowest BCUT2D eigenvalue weighted by Crippen LogP contribution is -2.22. The van der Waals surface area contributed by atoms with Gasteiger partial charge >= 0.3 is 0 Å². The van der Waals surface area contributed by atoms with Gasteiger partial charge in [-0.2, -0.15) is 20.0 Å². The molecule has 3 aromatic rings. The second-order valence-corrected chi connectivity index (χ2v) is 4.92. The van der Waals surface area contributed by atoms with E-state index >= 15 is 0 Å². The second-order valence-electron chi connectivity index (χ2n) is 4.53. The summed E-state index contributed by atoms with van der Waals surface area (Å²) in [6, 6.07) is 9.70. The van der Waals surface area contributed by atoms with Gasteiger partial charge in [0.15, 0.2) is 0 Å².